The molecular weight excluding hydrogens is 354 g/mol. The summed E-state index contributed by atoms with van der Waals surface area (Å²) in [5.41, 5.74) is 0.947. The molecular formula is C14H10BrN3O2S. The van der Waals surface area contributed by atoms with Crippen molar-refractivity contribution < 1.29 is 9.36 Å². The van der Waals surface area contributed by atoms with Gasteiger partial charge < -0.3 is 9.36 Å². The Labute approximate surface area is 133 Å². The largest absolute Gasteiger partial charge is 0.386 e. The maximum atomic E-state index is 5.15. The zero-order valence-corrected chi connectivity index (χ0v) is 13.2. The van der Waals surface area contributed by atoms with E-state index < -0.39 is 0 Å². The van der Waals surface area contributed by atoms with Crippen LogP contribution in [0, 0.1) is 0 Å². The van der Waals surface area contributed by atoms with E-state index in [2.05, 4.69) is 31.2 Å². The Kier molecular flexibility index (Phi) is 4.42. The first-order valence-electron chi connectivity index (χ1n) is 6.08. The highest BCUT2D eigenvalue weighted by Crippen LogP contribution is 2.21. The van der Waals surface area contributed by atoms with E-state index in [1.165, 1.54) is 0 Å². The van der Waals surface area contributed by atoms with Gasteiger partial charge in [0.15, 0.2) is 6.61 Å². The van der Waals surface area contributed by atoms with Crippen LogP contribution in [0.2, 0.25) is 0 Å². The summed E-state index contributed by atoms with van der Waals surface area (Å²) in [6.45, 7) is 0.144. The molecule has 106 valence electrons. The van der Waals surface area contributed by atoms with Gasteiger partial charge >= 0.3 is 0 Å². The van der Waals surface area contributed by atoms with Crippen molar-refractivity contribution in [1.29, 1.82) is 0 Å². The standard InChI is InChI=1S/C14H10BrN3O2S/c15-11-5-3-10(4-6-11)8-16-19-9-13-17-14(18-20-13)12-2-1-7-21-12/h1-8H,9H2/b16-8-. The van der Waals surface area contributed by atoms with Gasteiger partial charge in [0.1, 0.15) is 0 Å². The number of halogens is 1. The highest BCUT2D eigenvalue weighted by atomic mass is 79.9. The second-order valence-electron chi connectivity index (χ2n) is 4.05. The molecule has 0 aliphatic heterocycles. The van der Waals surface area contributed by atoms with Crippen LogP contribution in [0.5, 0.6) is 0 Å². The Morgan fingerprint density at radius 1 is 1.29 bits per heavy atom. The minimum absolute atomic E-state index is 0.144. The minimum atomic E-state index is 0.144. The third kappa shape index (κ3) is 3.77. The smallest absolute Gasteiger partial charge is 0.267 e. The molecule has 2 heterocycles. The monoisotopic (exact) mass is 363 g/mol. The summed E-state index contributed by atoms with van der Waals surface area (Å²) in [5, 5.41) is 9.73. The normalized spacial score (nSPS) is 11.1. The van der Waals surface area contributed by atoms with Gasteiger partial charge in [0.05, 0.1) is 11.1 Å². The van der Waals surface area contributed by atoms with E-state index in [0.29, 0.717) is 11.7 Å². The van der Waals surface area contributed by atoms with E-state index in [4.69, 9.17) is 9.36 Å². The van der Waals surface area contributed by atoms with Crippen LogP contribution in [-0.4, -0.2) is 16.4 Å². The van der Waals surface area contributed by atoms with Gasteiger partial charge in [-0.25, -0.2) is 0 Å². The zero-order chi connectivity index (χ0) is 14.5. The Morgan fingerprint density at radius 3 is 2.90 bits per heavy atom. The van der Waals surface area contributed by atoms with Gasteiger partial charge in [0, 0.05) is 4.47 Å². The second kappa shape index (κ2) is 6.64. The van der Waals surface area contributed by atoms with Gasteiger partial charge in [-0.2, -0.15) is 4.98 Å². The van der Waals surface area contributed by atoms with Crippen molar-refractivity contribution in [2.24, 2.45) is 5.16 Å². The van der Waals surface area contributed by atoms with Gasteiger partial charge in [-0.05, 0) is 29.1 Å². The molecule has 1 aromatic carbocycles. The number of hydrogen-bond donors (Lipinski definition) is 0. The fourth-order valence-electron chi connectivity index (χ4n) is 1.56. The number of oxime groups is 1. The van der Waals surface area contributed by atoms with E-state index in [0.717, 1.165) is 14.9 Å². The van der Waals surface area contributed by atoms with E-state index in [1.54, 1.807) is 17.6 Å². The molecule has 0 radical (unpaired) electrons. The van der Waals surface area contributed by atoms with Crippen LogP contribution in [-0.2, 0) is 11.4 Å². The summed E-state index contributed by atoms with van der Waals surface area (Å²) >= 11 is 4.93. The lowest BCUT2D eigenvalue weighted by Gasteiger charge is -1.94. The quantitative estimate of drug-likeness (QED) is 0.505. The SMILES string of the molecule is Brc1ccc(/C=N\OCc2nc(-c3cccs3)no2)cc1. The summed E-state index contributed by atoms with van der Waals surface area (Å²) in [4.78, 5) is 10.3. The fourth-order valence-corrected chi connectivity index (χ4v) is 2.47. The van der Waals surface area contributed by atoms with Crippen molar-refractivity contribution >= 4 is 33.5 Å². The van der Waals surface area contributed by atoms with Crippen molar-refractivity contribution in [1.82, 2.24) is 10.1 Å². The Morgan fingerprint density at radius 2 is 2.14 bits per heavy atom. The second-order valence-corrected chi connectivity index (χ2v) is 5.91. The van der Waals surface area contributed by atoms with Crippen LogP contribution in [0.15, 0.2) is 55.9 Å². The first kappa shape index (κ1) is 14.0. The number of benzene rings is 1. The third-order valence-electron chi connectivity index (χ3n) is 2.54. The molecule has 7 heteroatoms. The molecule has 0 aliphatic carbocycles. The molecule has 0 saturated heterocycles. The Balaban J connectivity index is 1.55. The van der Waals surface area contributed by atoms with Crippen molar-refractivity contribution in [3.8, 4) is 10.7 Å². The Bertz CT molecular complexity index is 723. The molecule has 3 aromatic rings. The highest BCUT2D eigenvalue weighted by molar-refractivity contribution is 9.10. The number of hydrogen-bond acceptors (Lipinski definition) is 6. The molecule has 0 aliphatic rings. The summed E-state index contributed by atoms with van der Waals surface area (Å²) in [7, 11) is 0. The Hall–Kier alpha value is -1.99. The lowest BCUT2D eigenvalue weighted by Crippen LogP contribution is -1.88. The van der Waals surface area contributed by atoms with Gasteiger partial charge in [0.2, 0.25) is 5.82 Å². The average molecular weight is 364 g/mol. The number of aromatic nitrogens is 2. The predicted molar refractivity (Wildman–Crippen MR) is 84.1 cm³/mol. The average Bonchev–Trinajstić information content (AvgIpc) is 3.16. The van der Waals surface area contributed by atoms with E-state index in [1.807, 2.05) is 41.8 Å². The molecule has 2 aromatic heterocycles. The van der Waals surface area contributed by atoms with Crippen LogP contribution >= 0.6 is 27.3 Å². The summed E-state index contributed by atoms with van der Waals surface area (Å²) < 4.78 is 6.12. The molecule has 0 spiro atoms. The predicted octanol–water partition coefficient (Wildman–Crippen LogP) is 4.11. The lowest BCUT2D eigenvalue weighted by molar-refractivity contribution is 0.107. The molecule has 21 heavy (non-hydrogen) atoms. The third-order valence-corrected chi connectivity index (χ3v) is 3.94. The highest BCUT2D eigenvalue weighted by Gasteiger charge is 2.09. The topological polar surface area (TPSA) is 60.5 Å². The number of rotatable bonds is 5. The molecule has 3 rings (SSSR count). The van der Waals surface area contributed by atoms with E-state index in [-0.39, 0.29) is 6.61 Å². The van der Waals surface area contributed by atoms with Gasteiger partial charge in [0.25, 0.3) is 5.89 Å². The summed E-state index contributed by atoms with van der Waals surface area (Å²) in [5.74, 6) is 0.965. The van der Waals surface area contributed by atoms with Gasteiger partial charge in [-0.15, -0.1) is 11.3 Å². The van der Waals surface area contributed by atoms with Gasteiger partial charge in [-0.1, -0.05) is 44.4 Å². The first-order chi connectivity index (χ1) is 10.3. The van der Waals surface area contributed by atoms with E-state index in [9.17, 15) is 0 Å². The van der Waals surface area contributed by atoms with Crippen LogP contribution in [0.4, 0.5) is 0 Å². The maximum absolute atomic E-state index is 5.15. The zero-order valence-electron chi connectivity index (χ0n) is 10.8. The van der Waals surface area contributed by atoms with Crippen molar-refractivity contribution in [2.45, 2.75) is 6.61 Å². The molecule has 0 amide bonds. The van der Waals surface area contributed by atoms with Crippen LogP contribution in [0.25, 0.3) is 10.7 Å². The fraction of sp³-hybridized carbons (Fsp3) is 0.0714. The molecule has 0 bridgehead atoms. The molecule has 0 fully saturated rings. The first-order valence-corrected chi connectivity index (χ1v) is 7.76. The van der Waals surface area contributed by atoms with Crippen LogP contribution in [0.3, 0.4) is 0 Å². The summed E-state index contributed by atoms with van der Waals surface area (Å²) in [6, 6.07) is 11.6. The maximum Gasteiger partial charge on any atom is 0.267 e. The van der Waals surface area contributed by atoms with E-state index >= 15 is 0 Å². The van der Waals surface area contributed by atoms with Crippen molar-refractivity contribution in [2.75, 3.05) is 0 Å². The molecule has 0 saturated carbocycles. The van der Waals surface area contributed by atoms with Gasteiger partial charge in [-0.3, -0.25) is 0 Å². The molecule has 0 N–H and O–H groups in total. The minimum Gasteiger partial charge on any atom is -0.386 e. The molecule has 0 atom stereocenters. The lowest BCUT2D eigenvalue weighted by atomic mass is 10.2. The number of nitrogens with zero attached hydrogens (tertiary/aromatic N) is 3. The number of thiophene rings is 1. The summed E-state index contributed by atoms with van der Waals surface area (Å²) in [6.07, 6.45) is 1.63. The van der Waals surface area contributed by atoms with Crippen LogP contribution < -0.4 is 0 Å². The van der Waals surface area contributed by atoms with Crippen molar-refractivity contribution in [3.05, 3.63) is 57.7 Å². The molecule has 5 nitrogen and oxygen atoms in total. The van der Waals surface area contributed by atoms with Crippen molar-refractivity contribution in [3.63, 3.8) is 0 Å². The molecule has 0 unspecified atom stereocenters. The van der Waals surface area contributed by atoms with Crippen LogP contribution in [0.1, 0.15) is 11.5 Å².